The molecule has 0 aliphatic heterocycles. The molecule has 3 aromatic heterocycles. The van der Waals surface area contributed by atoms with Crippen molar-refractivity contribution in [1.29, 1.82) is 0 Å². The van der Waals surface area contributed by atoms with Gasteiger partial charge in [0.05, 0.1) is 27.8 Å². The summed E-state index contributed by atoms with van der Waals surface area (Å²) in [7, 11) is -2.72. The first-order valence-electron chi connectivity index (χ1n) is 26.1. The summed E-state index contributed by atoms with van der Waals surface area (Å²) in [5.41, 5.74) is 15.4. The summed E-state index contributed by atoms with van der Waals surface area (Å²) in [4.78, 5) is 0. The van der Waals surface area contributed by atoms with E-state index in [0.29, 0.717) is 0 Å². The first-order chi connectivity index (χ1) is 37.7. The molecule has 0 saturated heterocycles. The fraction of sp³-hybridized carbons (Fsp3) is 0. The van der Waals surface area contributed by atoms with Crippen molar-refractivity contribution in [2.24, 2.45) is 0 Å². The van der Waals surface area contributed by atoms with Crippen molar-refractivity contribution in [3.05, 3.63) is 291 Å². The average Bonchev–Trinajstić information content (AvgIpc) is 4.25. The van der Waals surface area contributed by atoms with Gasteiger partial charge in [-0.3, -0.25) is 0 Å². The van der Waals surface area contributed by atoms with E-state index in [1.807, 2.05) is 0 Å². The normalized spacial score (nSPS) is 11.9. The van der Waals surface area contributed by atoms with Crippen molar-refractivity contribution >= 4 is 94.4 Å². The van der Waals surface area contributed by atoms with Gasteiger partial charge in [0.1, 0.15) is 5.58 Å². The molecule has 76 heavy (non-hydrogen) atoms. The summed E-state index contributed by atoms with van der Waals surface area (Å²) in [5, 5.41) is 12.5. The number of aromatic nitrogens is 2. The molecule has 3 nitrogen and oxygen atoms in total. The van der Waals surface area contributed by atoms with Gasteiger partial charge in [0.15, 0.2) is 13.7 Å². The maximum atomic E-state index is 7.07. The number of benzene rings is 12. The number of para-hydroxylation sites is 4. The van der Waals surface area contributed by atoms with Crippen molar-refractivity contribution in [1.82, 2.24) is 9.13 Å². The lowest BCUT2D eigenvalue weighted by Crippen LogP contribution is -2.74. The Kier molecular flexibility index (Phi) is 10.2. The van der Waals surface area contributed by atoms with E-state index in [1.165, 1.54) is 64.5 Å². The number of fused-ring (bicyclic) bond motifs is 9. The second kappa shape index (κ2) is 17.7. The van der Waals surface area contributed by atoms with Gasteiger partial charge < -0.3 is 13.6 Å². The number of hydrogen-bond donors (Lipinski definition) is 0. The molecular weight excluding hydrogens is 937 g/mol. The summed E-state index contributed by atoms with van der Waals surface area (Å²) in [5.74, 6) is 0. The van der Waals surface area contributed by atoms with Gasteiger partial charge in [-0.05, 0) is 121 Å². The van der Waals surface area contributed by atoms with Crippen LogP contribution in [0, 0.1) is 0 Å². The zero-order valence-corrected chi connectivity index (χ0v) is 42.5. The summed E-state index contributed by atoms with van der Waals surface area (Å²) in [6.45, 7) is 0. The van der Waals surface area contributed by atoms with E-state index in [0.717, 1.165) is 66.6 Å². The van der Waals surface area contributed by atoms with Crippen LogP contribution in [0.3, 0.4) is 0 Å². The maximum Gasteiger partial charge on any atom is 0.179 e. The predicted molar refractivity (Wildman–Crippen MR) is 322 cm³/mol. The van der Waals surface area contributed by atoms with Crippen LogP contribution in [-0.4, -0.2) is 17.2 Å². The lowest BCUT2D eigenvalue weighted by Gasteiger charge is -2.34. The summed E-state index contributed by atoms with van der Waals surface area (Å²) < 4.78 is 11.9. The van der Waals surface area contributed by atoms with Gasteiger partial charge in [0.25, 0.3) is 0 Å². The molecule has 0 atom stereocenters. The minimum absolute atomic E-state index is 0.851. The van der Waals surface area contributed by atoms with E-state index in [4.69, 9.17) is 4.42 Å². The van der Waals surface area contributed by atoms with Crippen LogP contribution in [0.25, 0.3) is 110 Å². The van der Waals surface area contributed by atoms with Gasteiger partial charge >= 0.3 is 0 Å². The Morgan fingerprint density at radius 2 is 0.645 bits per heavy atom. The first-order valence-corrected chi connectivity index (χ1v) is 28.1. The first kappa shape index (κ1) is 43.8. The van der Waals surface area contributed by atoms with Crippen LogP contribution in [0.5, 0.6) is 0 Å². The quantitative estimate of drug-likeness (QED) is 0.104. The van der Waals surface area contributed by atoms with Crippen LogP contribution in [0.4, 0.5) is 0 Å². The standard InChI is InChI=1S/C72H48N2OSi/c1-4-26-56(27-5-1)76(57-28-6-2-7-29-57,58-30-8-3-9-31-58)59-32-20-25-53(45-59)51-23-18-21-49(43-51)50-22-19-24-52(44-50)54-46-65-64-48-55(73-66-37-14-10-33-60(66)61-34-11-15-38-67(61)73)41-42-71(64)75-72(65)70(47-54)74-68-39-16-12-35-62(68)63-36-13-17-40-69(63)74/h1-48H. The van der Waals surface area contributed by atoms with Crippen LogP contribution in [0.15, 0.2) is 296 Å². The molecule has 0 unspecified atom stereocenters. The molecule has 0 bridgehead atoms. The third kappa shape index (κ3) is 6.88. The van der Waals surface area contributed by atoms with Gasteiger partial charge in [-0.15, -0.1) is 0 Å². The summed E-state index contributed by atoms with van der Waals surface area (Å²) in [6.07, 6.45) is 0. The number of rotatable bonds is 9. The fourth-order valence-corrected chi connectivity index (χ4v) is 17.3. The molecule has 356 valence electrons. The van der Waals surface area contributed by atoms with Crippen LogP contribution in [0.2, 0.25) is 0 Å². The molecular formula is C72H48N2OSi. The van der Waals surface area contributed by atoms with E-state index in [1.54, 1.807) is 0 Å². The second-order valence-corrected chi connectivity index (χ2v) is 23.8. The van der Waals surface area contributed by atoms with Crippen molar-refractivity contribution < 1.29 is 4.42 Å². The maximum absolute atomic E-state index is 7.07. The molecule has 0 fully saturated rings. The lowest BCUT2D eigenvalue weighted by molar-refractivity contribution is 0.666. The molecule has 0 aliphatic carbocycles. The SMILES string of the molecule is c1ccc([Si](c2ccccc2)(c2ccccc2)c2cccc(-c3cccc(-c4cccc(-c5cc(-n6c7ccccc7c7ccccc76)c6oc7ccc(-n8c9ccccc9c9ccccc98)cc7c6c5)c4)c3)c2)cc1. The monoisotopic (exact) mass is 984 g/mol. The Balaban J connectivity index is 0.895. The van der Waals surface area contributed by atoms with E-state index < -0.39 is 8.07 Å². The lowest BCUT2D eigenvalue weighted by atomic mass is 9.95. The van der Waals surface area contributed by atoms with Gasteiger partial charge in [-0.25, -0.2) is 0 Å². The predicted octanol–water partition coefficient (Wildman–Crippen LogP) is 16.2. The molecule has 0 amide bonds. The smallest absolute Gasteiger partial charge is 0.179 e. The highest BCUT2D eigenvalue weighted by molar-refractivity contribution is 7.19. The Bertz CT molecular complexity index is 4500. The Morgan fingerprint density at radius 1 is 0.250 bits per heavy atom. The average molecular weight is 985 g/mol. The Hall–Kier alpha value is -9.74. The molecule has 0 saturated carbocycles. The van der Waals surface area contributed by atoms with Crippen molar-refractivity contribution in [3.8, 4) is 44.8 Å². The van der Waals surface area contributed by atoms with Crippen LogP contribution < -0.4 is 20.7 Å². The molecule has 3 heterocycles. The van der Waals surface area contributed by atoms with Gasteiger partial charge in [0.2, 0.25) is 0 Å². The molecule has 0 radical (unpaired) electrons. The van der Waals surface area contributed by atoms with Crippen molar-refractivity contribution in [3.63, 3.8) is 0 Å². The van der Waals surface area contributed by atoms with Crippen molar-refractivity contribution in [2.45, 2.75) is 0 Å². The van der Waals surface area contributed by atoms with Crippen LogP contribution >= 0.6 is 0 Å². The zero-order chi connectivity index (χ0) is 50.2. The summed E-state index contributed by atoms with van der Waals surface area (Å²) >= 11 is 0. The van der Waals surface area contributed by atoms with Crippen molar-refractivity contribution in [2.75, 3.05) is 0 Å². The van der Waals surface area contributed by atoms with E-state index >= 15 is 0 Å². The highest BCUT2D eigenvalue weighted by Gasteiger charge is 2.41. The van der Waals surface area contributed by atoms with Crippen LogP contribution in [-0.2, 0) is 0 Å². The van der Waals surface area contributed by atoms with E-state index in [9.17, 15) is 0 Å². The fourth-order valence-electron chi connectivity index (χ4n) is 12.5. The summed E-state index contributed by atoms with van der Waals surface area (Å²) in [6, 6.07) is 107. The zero-order valence-electron chi connectivity index (χ0n) is 41.5. The number of nitrogens with zero attached hydrogens (tertiary/aromatic N) is 2. The van der Waals surface area contributed by atoms with E-state index in [-0.39, 0.29) is 0 Å². The molecule has 12 aromatic carbocycles. The largest absolute Gasteiger partial charge is 0.454 e. The topological polar surface area (TPSA) is 23.0 Å². The molecule has 0 N–H and O–H groups in total. The number of furan rings is 1. The highest BCUT2D eigenvalue weighted by Crippen LogP contribution is 2.43. The third-order valence-electron chi connectivity index (χ3n) is 15.8. The second-order valence-electron chi connectivity index (χ2n) is 20.0. The minimum Gasteiger partial charge on any atom is -0.454 e. The highest BCUT2D eigenvalue weighted by atomic mass is 28.3. The molecule has 15 rings (SSSR count). The molecule has 15 aromatic rings. The number of hydrogen-bond acceptors (Lipinski definition) is 1. The Morgan fingerprint density at radius 3 is 1.13 bits per heavy atom. The third-order valence-corrected chi connectivity index (χ3v) is 20.6. The van der Waals surface area contributed by atoms with E-state index in [2.05, 4.69) is 300 Å². The van der Waals surface area contributed by atoms with Crippen LogP contribution in [0.1, 0.15) is 0 Å². The molecule has 0 spiro atoms. The molecule has 4 heteroatoms. The van der Waals surface area contributed by atoms with Gasteiger partial charge in [0, 0.05) is 38.0 Å². The van der Waals surface area contributed by atoms with Gasteiger partial charge in [-0.1, -0.05) is 224 Å². The minimum atomic E-state index is -2.72. The van der Waals surface area contributed by atoms with Gasteiger partial charge in [-0.2, -0.15) is 0 Å². The molecule has 0 aliphatic rings. The Labute approximate surface area is 441 Å².